The fraction of sp³-hybridized carbons (Fsp3) is 0.400. The van der Waals surface area contributed by atoms with Crippen LogP contribution in [0.25, 0.3) is 0 Å². The summed E-state index contributed by atoms with van der Waals surface area (Å²) in [5.74, 6) is 0. The van der Waals surface area contributed by atoms with Gasteiger partial charge in [0.15, 0.2) is 0 Å². The number of hydrogen-bond donors (Lipinski definition) is 2. The van der Waals surface area contributed by atoms with E-state index in [0.717, 1.165) is 12.1 Å². The standard InChI is InChI=1S/C15H18N2OS/c1-15(2)7-10-5-3-4-6-12(10)13(15)16-8-11-9-19-14(18)17-11/h3-6,9,13,16H,7-8H2,1-2H3,(H,17,18). The fourth-order valence-corrected chi connectivity index (χ4v) is 3.57. The molecular weight excluding hydrogens is 256 g/mol. The third kappa shape index (κ3) is 2.38. The summed E-state index contributed by atoms with van der Waals surface area (Å²) in [4.78, 5) is 14.0. The number of aromatic nitrogens is 1. The molecule has 3 rings (SSSR count). The summed E-state index contributed by atoms with van der Waals surface area (Å²) in [6.45, 7) is 5.29. The molecule has 1 unspecified atom stereocenters. The second kappa shape index (κ2) is 4.62. The van der Waals surface area contributed by atoms with Crippen molar-refractivity contribution < 1.29 is 0 Å². The molecule has 0 aliphatic heterocycles. The third-order valence-electron chi connectivity index (χ3n) is 3.86. The highest BCUT2D eigenvalue weighted by Gasteiger charge is 2.38. The summed E-state index contributed by atoms with van der Waals surface area (Å²) >= 11 is 1.22. The number of benzene rings is 1. The molecule has 100 valence electrons. The van der Waals surface area contributed by atoms with Gasteiger partial charge in [0, 0.05) is 23.7 Å². The summed E-state index contributed by atoms with van der Waals surface area (Å²) in [6.07, 6.45) is 1.10. The monoisotopic (exact) mass is 274 g/mol. The Bertz CT molecular complexity index is 641. The quantitative estimate of drug-likeness (QED) is 0.904. The number of thiazole rings is 1. The Kier molecular flexibility index (Phi) is 3.07. The molecule has 1 aromatic heterocycles. The zero-order valence-electron chi connectivity index (χ0n) is 11.2. The maximum Gasteiger partial charge on any atom is 0.304 e. The molecule has 0 saturated carbocycles. The van der Waals surface area contributed by atoms with Crippen molar-refractivity contribution in [1.82, 2.24) is 10.3 Å². The van der Waals surface area contributed by atoms with Gasteiger partial charge in [0.25, 0.3) is 0 Å². The lowest BCUT2D eigenvalue weighted by molar-refractivity contribution is 0.267. The van der Waals surface area contributed by atoms with Crippen LogP contribution >= 0.6 is 11.3 Å². The largest absolute Gasteiger partial charge is 0.315 e. The maximum absolute atomic E-state index is 11.1. The van der Waals surface area contributed by atoms with Crippen molar-refractivity contribution in [3.05, 3.63) is 56.1 Å². The van der Waals surface area contributed by atoms with Gasteiger partial charge < -0.3 is 10.3 Å². The van der Waals surface area contributed by atoms with E-state index >= 15 is 0 Å². The van der Waals surface area contributed by atoms with Gasteiger partial charge in [-0.3, -0.25) is 4.79 Å². The maximum atomic E-state index is 11.1. The number of fused-ring (bicyclic) bond motifs is 1. The molecule has 0 radical (unpaired) electrons. The average Bonchev–Trinajstić information content (AvgIpc) is 2.87. The Hall–Kier alpha value is -1.39. The molecule has 0 amide bonds. The molecule has 1 aliphatic rings. The van der Waals surface area contributed by atoms with E-state index in [1.807, 2.05) is 5.38 Å². The molecule has 0 saturated heterocycles. The first-order chi connectivity index (χ1) is 9.06. The number of hydrogen-bond acceptors (Lipinski definition) is 3. The van der Waals surface area contributed by atoms with Crippen LogP contribution in [0, 0.1) is 5.41 Å². The lowest BCUT2D eigenvalue weighted by Gasteiger charge is -2.28. The van der Waals surface area contributed by atoms with Crippen molar-refractivity contribution in [2.45, 2.75) is 32.9 Å². The van der Waals surface area contributed by atoms with Crippen LogP contribution in [0.2, 0.25) is 0 Å². The van der Waals surface area contributed by atoms with Crippen LogP contribution in [-0.4, -0.2) is 4.98 Å². The SMILES string of the molecule is CC1(C)Cc2ccccc2C1NCc1csc(=O)[nH]1. The molecule has 0 fully saturated rings. The fourth-order valence-electron chi connectivity index (χ4n) is 2.99. The highest BCUT2D eigenvalue weighted by atomic mass is 32.1. The van der Waals surface area contributed by atoms with E-state index in [1.165, 1.54) is 22.5 Å². The second-order valence-electron chi connectivity index (χ2n) is 5.85. The van der Waals surface area contributed by atoms with Crippen LogP contribution in [-0.2, 0) is 13.0 Å². The zero-order chi connectivity index (χ0) is 13.5. The first-order valence-electron chi connectivity index (χ1n) is 6.54. The average molecular weight is 274 g/mol. The summed E-state index contributed by atoms with van der Waals surface area (Å²) in [5.41, 5.74) is 4.00. The lowest BCUT2D eigenvalue weighted by Crippen LogP contribution is -2.31. The molecule has 0 bridgehead atoms. The Morgan fingerprint density at radius 1 is 1.42 bits per heavy atom. The van der Waals surface area contributed by atoms with E-state index in [1.54, 1.807) is 0 Å². The molecule has 19 heavy (non-hydrogen) atoms. The van der Waals surface area contributed by atoms with Crippen molar-refractivity contribution in [2.24, 2.45) is 5.41 Å². The first-order valence-corrected chi connectivity index (χ1v) is 7.42. The van der Waals surface area contributed by atoms with E-state index in [-0.39, 0.29) is 10.3 Å². The van der Waals surface area contributed by atoms with Gasteiger partial charge in [-0.2, -0.15) is 0 Å². The van der Waals surface area contributed by atoms with Gasteiger partial charge in [-0.05, 0) is 23.0 Å². The van der Waals surface area contributed by atoms with Crippen molar-refractivity contribution in [3.63, 3.8) is 0 Å². The molecule has 1 aromatic carbocycles. The van der Waals surface area contributed by atoms with E-state index in [2.05, 4.69) is 48.4 Å². The predicted molar refractivity (Wildman–Crippen MR) is 78.4 cm³/mol. The summed E-state index contributed by atoms with van der Waals surface area (Å²) in [7, 11) is 0. The minimum absolute atomic E-state index is 0.0166. The van der Waals surface area contributed by atoms with Crippen molar-refractivity contribution >= 4 is 11.3 Å². The Labute approximate surface area is 116 Å². The van der Waals surface area contributed by atoms with E-state index in [9.17, 15) is 4.79 Å². The van der Waals surface area contributed by atoms with Gasteiger partial charge >= 0.3 is 4.87 Å². The Morgan fingerprint density at radius 3 is 2.95 bits per heavy atom. The van der Waals surface area contributed by atoms with Crippen molar-refractivity contribution in [3.8, 4) is 0 Å². The topological polar surface area (TPSA) is 44.9 Å². The van der Waals surface area contributed by atoms with Gasteiger partial charge in [-0.1, -0.05) is 49.4 Å². The molecule has 3 nitrogen and oxygen atoms in total. The van der Waals surface area contributed by atoms with Crippen LogP contribution in [0.15, 0.2) is 34.4 Å². The van der Waals surface area contributed by atoms with Gasteiger partial charge in [0.05, 0.1) is 0 Å². The van der Waals surface area contributed by atoms with Crippen molar-refractivity contribution in [2.75, 3.05) is 0 Å². The van der Waals surface area contributed by atoms with Gasteiger partial charge in [-0.15, -0.1) is 0 Å². The highest BCUT2D eigenvalue weighted by molar-refractivity contribution is 7.07. The Morgan fingerprint density at radius 2 is 2.21 bits per heavy atom. The molecule has 2 N–H and O–H groups in total. The lowest BCUT2D eigenvalue weighted by atomic mass is 9.85. The van der Waals surface area contributed by atoms with Gasteiger partial charge in [0.1, 0.15) is 0 Å². The predicted octanol–water partition coefficient (Wildman–Crippen LogP) is 2.85. The molecule has 1 atom stereocenters. The number of H-pyrrole nitrogens is 1. The number of rotatable bonds is 3. The van der Waals surface area contributed by atoms with Gasteiger partial charge in [-0.25, -0.2) is 0 Å². The minimum atomic E-state index is 0.0166. The third-order valence-corrected chi connectivity index (χ3v) is 4.58. The van der Waals surface area contributed by atoms with E-state index in [4.69, 9.17) is 0 Å². The minimum Gasteiger partial charge on any atom is -0.315 e. The molecule has 2 aromatic rings. The zero-order valence-corrected chi connectivity index (χ0v) is 12.0. The van der Waals surface area contributed by atoms with Gasteiger partial charge in [0.2, 0.25) is 0 Å². The number of nitrogens with one attached hydrogen (secondary N) is 2. The number of aromatic amines is 1. The normalized spacial score (nSPS) is 20.4. The van der Waals surface area contributed by atoms with Crippen LogP contribution in [0.3, 0.4) is 0 Å². The Balaban J connectivity index is 1.81. The summed E-state index contributed by atoms with van der Waals surface area (Å²) in [5, 5.41) is 5.49. The van der Waals surface area contributed by atoms with Crippen LogP contribution in [0.4, 0.5) is 0 Å². The first kappa shape index (κ1) is 12.6. The molecule has 1 heterocycles. The van der Waals surface area contributed by atoms with Crippen LogP contribution < -0.4 is 10.2 Å². The summed E-state index contributed by atoms with van der Waals surface area (Å²) in [6, 6.07) is 8.96. The molecule has 1 aliphatic carbocycles. The van der Waals surface area contributed by atoms with Crippen LogP contribution in [0.1, 0.15) is 36.7 Å². The molecular formula is C15H18N2OS. The highest BCUT2D eigenvalue weighted by Crippen LogP contribution is 2.44. The second-order valence-corrected chi connectivity index (χ2v) is 6.69. The molecule has 0 spiro atoms. The molecule has 4 heteroatoms. The summed E-state index contributed by atoms with van der Waals surface area (Å²) < 4.78 is 0. The van der Waals surface area contributed by atoms with E-state index in [0.29, 0.717) is 12.6 Å². The van der Waals surface area contributed by atoms with Crippen LogP contribution in [0.5, 0.6) is 0 Å². The van der Waals surface area contributed by atoms with E-state index < -0.39 is 0 Å². The van der Waals surface area contributed by atoms with Crippen molar-refractivity contribution in [1.29, 1.82) is 0 Å². The smallest absolute Gasteiger partial charge is 0.304 e.